The summed E-state index contributed by atoms with van der Waals surface area (Å²) in [4.78, 5) is 12.5. The van der Waals surface area contributed by atoms with Gasteiger partial charge in [0.05, 0.1) is 22.0 Å². The third-order valence-corrected chi connectivity index (χ3v) is 2.96. The van der Waals surface area contributed by atoms with E-state index in [2.05, 4.69) is 10.7 Å². The molecular weight excluding hydrogens is 270 g/mol. The Bertz CT molecular complexity index is 658. The molecule has 0 fully saturated rings. The smallest absolute Gasteiger partial charge is 0.273 e. The van der Waals surface area contributed by atoms with Crippen LogP contribution in [0.4, 0.5) is 28.4 Å². The Morgan fingerprint density at radius 3 is 2.43 bits per heavy atom. The fourth-order valence-corrected chi connectivity index (χ4v) is 2.00. The van der Waals surface area contributed by atoms with Crippen molar-refractivity contribution in [3.8, 4) is 0 Å². The Labute approximate surface area is 122 Å². The first kappa shape index (κ1) is 14.6. The summed E-state index contributed by atoms with van der Waals surface area (Å²) in [5.74, 6) is 5.35. The van der Waals surface area contributed by atoms with Crippen molar-refractivity contribution in [2.45, 2.75) is 0 Å². The van der Waals surface area contributed by atoms with E-state index < -0.39 is 4.92 Å². The summed E-state index contributed by atoms with van der Waals surface area (Å²) in [7, 11) is 3.86. The summed E-state index contributed by atoms with van der Waals surface area (Å²) in [6, 6.07) is 12.2. The number of nitrogen functional groups attached to an aromatic ring is 1. The van der Waals surface area contributed by atoms with Crippen molar-refractivity contribution in [2.75, 3.05) is 29.7 Å². The maximum Gasteiger partial charge on any atom is 0.273 e. The molecule has 0 unspecified atom stereocenters. The number of non-ortho nitro benzene ring substituents is 1. The van der Waals surface area contributed by atoms with Crippen LogP contribution in [-0.2, 0) is 0 Å². The number of para-hydroxylation sites is 2. The average molecular weight is 287 g/mol. The van der Waals surface area contributed by atoms with E-state index in [1.807, 2.05) is 43.3 Å². The van der Waals surface area contributed by atoms with Crippen molar-refractivity contribution in [1.82, 2.24) is 0 Å². The van der Waals surface area contributed by atoms with E-state index in [9.17, 15) is 10.1 Å². The zero-order chi connectivity index (χ0) is 15.4. The molecular formula is C14H17N5O2. The van der Waals surface area contributed by atoms with E-state index in [0.29, 0.717) is 11.4 Å². The van der Waals surface area contributed by atoms with Crippen LogP contribution in [0.5, 0.6) is 0 Å². The molecule has 0 aromatic heterocycles. The van der Waals surface area contributed by atoms with Crippen LogP contribution in [-0.4, -0.2) is 19.0 Å². The van der Waals surface area contributed by atoms with Crippen LogP contribution < -0.4 is 21.5 Å². The predicted octanol–water partition coefficient (Wildman–Crippen LogP) is 2.69. The molecule has 0 heterocycles. The lowest BCUT2D eigenvalue weighted by Crippen LogP contribution is -2.11. The van der Waals surface area contributed by atoms with Gasteiger partial charge in [-0.1, -0.05) is 12.1 Å². The number of anilines is 4. The van der Waals surface area contributed by atoms with E-state index >= 15 is 0 Å². The maximum atomic E-state index is 10.9. The highest BCUT2D eigenvalue weighted by atomic mass is 16.6. The van der Waals surface area contributed by atoms with Gasteiger partial charge in [-0.3, -0.25) is 16.0 Å². The molecule has 0 bridgehead atoms. The van der Waals surface area contributed by atoms with Crippen LogP contribution in [0, 0.1) is 10.1 Å². The van der Waals surface area contributed by atoms with Gasteiger partial charge in [-0.15, -0.1) is 0 Å². The number of hydrogen-bond acceptors (Lipinski definition) is 6. The van der Waals surface area contributed by atoms with Gasteiger partial charge < -0.3 is 15.6 Å². The van der Waals surface area contributed by atoms with Crippen molar-refractivity contribution in [1.29, 1.82) is 0 Å². The highest BCUT2D eigenvalue weighted by Crippen LogP contribution is 2.30. The molecule has 0 aliphatic heterocycles. The number of nitrogens with zero attached hydrogens (tertiary/aromatic N) is 2. The Morgan fingerprint density at radius 2 is 1.81 bits per heavy atom. The van der Waals surface area contributed by atoms with E-state index in [4.69, 9.17) is 5.84 Å². The van der Waals surface area contributed by atoms with Crippen LogP contribution in [0.1, 0.15) is 0 Å². The summed E-state index contributed by atoms with van der Waals surface area (Å²) in [5, 5.41) is 14.1. The van der Waals surface area contributed by atoms with Gasteiger partial charge in [-0.2, -0.15) is 0 Å². The SMILES string of the molecule is CN(C)c1ccccc1Nc1cc(NN)cc([N+](=O)[O-])c1. The van der Waals surface area contributed by atoms with E-state index in [1.165, 1.54) is 12.1 Å². The first-order valence-corrected chi connectivity index (χ1v) is 6.30. The summed E-state index contributed by atoms with van der Waals surface area (Å²) in [6.45, 7) is 0. The minimum atomic E-state index is -0.454. The first-order valence-electron chi connectivity index (χ1n) is 6.30. The second kappa shape index (κ2) is 6.10. The molecule has 7 nitrogen and oxygen atoms in total. The fraction of sp³-hybridized carbons (Fsp3) is 0.143. The Hall–Kier alpha value is -2.80. The number of nitrogens with one attached hydrogen (secondary N) is 2. The lowest BCUT2D eigenvalue weighted by Gasteiger charge is -2.18. The first-order chi connectivity index (χ1) is 10.0. The van der Waals surface area contributed by atoms with Crippen LogP contribution in [0.15, 0.2) is 42.5 Å². The van der Waals surface area contributed by atoms with Gasteiger partial charge in [-0.25, -0.2) is 0 Å². The predicted molar refractivity (Wildman–Crippen MR) is 85.0 cm³/mol. The van der Waals surface area contributed by atoms with Crippen LogP contribution in [0.25, 0.3) is 0 Å². The van der Waals surface area contributed by atoms with Crippen molar-refractivity contribution in [3.05, 3.63) is 52.6 Å². The fourth-order valence-electron chi connectivity index (χ4n) is 2.00. The lowest BCUT2D eigenvalue weighted by molar-refractivity contribution is -0.384. The van der Waals surface area contributed by atoms with Crippen molar-refractivity contribution >= 4 is 28.4 Å². The number of nitro groups is 1. The van der Waals surface area contributed by atoms with Crippen LogP contribution >= 0.6 is 0 Å². The van der Waals surface area contributed by atoms with Gasteiger partial charge in [0.25, 0.3) is 5.69 Å². The number of benzene rings is 2. The summed E-state index contributed by atoms with van der Waals surface area (Å²) in [6.07, 6.45) is 0. The van der Waals surface area contributed by atoms with Crippen molar-refractivity contribution < 1.29 is 4.92 Å². The summed E-state index contributed by atoms with van der Waals surface area (Å²) >= 11 is 0. The average Bonchev–Trinajstić information content (AvgIpc) is 2.47. The van der Waals surface area contributed by atoms with E-state index in [-0.39, 0.29) is 5.69 Å². The molecule has 0 aliphatic rings. The molecule has 21 heavy (non-hydrogen) atoms. The third kappa shape index (κ3) is 3.40. The minimum absolute atomic E-state index is 0.0321. The second-order valence-electron chi connectivity index (χ2n) is 4.71. The molecule has 7 heteroatoms. The molecule has 0 saturated heterocycles. The molecule has 2 aromatic carbocycles. The van der Waals surface area contributed by atoms with Gasteiger partial charge >= 0.3 is 0 Å². The standard InChI is InChI=1S/C14H17N5O2/c1-18(2)14-6-4-3-5-13(14)16-10-7-11(17-15)9-12(8-10)19(20)21/h3-9,16-17H,15H2,1-2H3. The number of nitrogens with two attached hydrogens (primary N) is 1. The molecule has 0 aliphatic carbocycles. The number of hydrazine groups is 1. The van der Waals surface area contributed by atoms with Crippen molar-refractivity contribution in [2.24, 2.45) is 5.84 Å². The van der Waals surface area contributed by atoms with Crippen LogP contribution in [0.3, 0.4) is 0 Å². The Morgan fingerprint density at radius 1 is 1.14 bits per heavy atom. The van der Waals surface area contributed by atoms with Gasteiger partial charge in [0.15, 0.2) is 0 Å². The third-order valence-electron chi connectivity index (χ3n) is 2.96. The lowest BCUT2D eigenvalue weighted by atomic mass is 10.2. The molecule has 0 radical (unpaired) electrons. The Kier molecular flexibility index (Phi) is 4.24. The molecule has 2 aromatic rings. The van der Waals surface area contributed by atoms with Gasteiger partial charge in [0, 0.05) is 31.9 Å². The molecule has 110 valence electrons. The molecule has 0 saturated carbocycles. The molecule has 0 amide bonds. The topological polar surface area (TPSA) is 96.5 Å². The summed E-state index contributed by atoms with van der Waals surface area (Å²) < 4.78 is 0. The molecule has 4 N–H and O–H groups in total. The van der Waals surface area contributed by atoms with E-state index in [1.54, 1.807) is 6.07 Å². The zero-order valence-electron chi connectivity index (χ0n) is 11.8. The normalized spacial score (nSPS) is 10.0. The highest BCUT2D eigenvalue weighted by Gasteiger charge is 2.11. The quantitative estimate of drug-likeness (QED) is 0.444. The maximum absolute atomic E-state index is 10.9. The largest absolute Gasteiger partial charge is 0.376 e. The van der Waals surface area contributed by atoms with Gasteiger partial charge in [0.1, 0.15) is 0 Å². The van der Waals surface area contributed by atoms with Gasteiger partial charge in [0.2, 0.25) is 0 Å². The molecule has 0 atom stereocenters. The van der Waals surface area contributed by atoms with Gasteiger partial charge in [-0.05, 0) is 18.2 Å². The molecule has 0 spiro atoms. The monoisotopic (exact) mass is 287 g/mol. The Balaban J connectivity index is 2.40. The number of nitro benzene ring substituents is 1. The van der Waals surface area contributed by atoms with Crippen LogP contribution in [0.2, 0.25) is 0 Å². The minimum Gasteiger partial charge on any atom is -0.376 e. The van der Waals surface area contributed by atoms with Crippen molar-refractivity contribution in [3.63, 3.8) is 0 Å². The number of rotatable bonds is 5. The summed E-state index contributed by atoms with van der Waals surface area (Å²) in [5.41, 5.74) is 5.29. The van der Waals surface area contributed by atoms with E-state index in [0.717, 1.165) is 11.4 Å². The second-order valence-corrected chi connectivity index (χ2v) is 4.71. The molecule has 2 rings (SSSR count). The highest BCUT2D eigenvalue weighted by molar-refractivity contribution is 5.77. The zero-order valence-corrected chi connectivity index (χ0v) is 11.8. The number of hydrogen-bond donors (Lipinski definition) is 3.